The van der Waals surface area contributed by atoms with E-state index in [1.54, 1.807) is 6.07 Å². The summed E-state index contributed by atoms with van der Waals surface area (Å²) in [6.45, 7) is 1.50. The molecule has 1 aliphatic heterocycles. The predicted molar refractivity (Wildman–Crippen MR) is 71.9 cm³/mol. The maximum Gasteiger partial charge on any atom is 0.301 e. The first-order valence-corrected chi connectivity index (χ1v) is 7.77. The molecular weight excluding hydrogens is 346 g/mol. The molecule has 0 bridgehead atoms. The molecule has 0 spiro atoms. The van der Waals surface area contributed by atoms with Gasteiger partial charge in [0.15, 0.2) is 0 Å². The number of nitrogens with zero attached hydrogens (tertiary/aromatic N) is 2. The van der Waals surface area contributed by atoms with Crippen molar-refractivity contribution in [2.75, 3.05) is 31.0 Å². The third-order valence-corrected chi connectivity index (χ3v) is 5.03. The van der Waals surface area contributed by atoms with Crippen molar-refractivity contribution in [2.24, 2.45) is 0 Å². The van der Waals surface area contributed by atoms with Crippen molar-refractivity contribution >= 4 is 43.4 Å². The lowest BCUT2D eigenvalue weighted by Crippen LogP contribution is -2.43. The van der Waals surface area contributed by atoms with Gasteiger partial charge in [0.2, 0.25) is 0 Å². The van der Waals surface area contributed by atoms with Gasteiger partial charge in [-0.25, -0.2) is 4.98 Å². The lowest BCUT2D eigenvalue weighted by Gasteiger charge is -2.26. The van der Waals surface area contributed by atoms with E-state index in [0.717, 1.165) is 0 Å². The van der Waals surface area contributed by atoms with Crippen molar-refractivity contribution in [3.63, 3.8) is 0 Å². The van der Waals surface area contributed by atoms with Gasteiger partial charge in [0.25, 0.3) is 0 Å². The highest BCUT2D eigenvalue weighted by Crippen LogP contribution is 2.23. The molecule has 1 fully saturated rings. The highest BCUT2D eigenvalue weighted by molar-refractivity contribution is 9.10. The number of rotatable bonds is 3. The van der Waals surface area contributed by atoms with Gasteiger partial charge >= 0.3 is 10.2 Å². The maximum absolute atomic E-state index is 12.0. The summed E-state index contributed by atoms with van der Waals surface area (Å²) < 4.78 is 33.5. The highest BCUT2D eigenvalue weighted by Gasteiger charge is 2.24. The SMILES string of the molecule is O=S(=O)(Nc1cnc(Cl)c(Br)c1)N1CCOCC1. The lowest BCUT2D eigenvalue weighted by atomic mass is 10.4. The van der Waals surface area contributed by atoms with Crippen LogP contribution < -0.4 is 4.72 Å². The molecule has 6 nitrogen and oxygen atoms in total. The van der Waals surface area contributed by atoms with Crippen LogP contribution in [0.5, 0.6) is 0 Å². The number of aromatic nitrogens is 1. The number of hydrogen-bond donors (Lipinski definition) is 1. The van der Waals surface area contributed by atoms with Crippen molar-refractivity contribution < 1.29 is 13.2 Å². The first-order chi connectivity index (χ1) is 8.49. The Hall–Kier alpha value is -0.410. The number of nitrogens with one attached hydrogen (secondary N) is 1. The third kappa shape index (κ3) is 3.33. The maximum atomic E-state index is 12.0. The number of ether oxygens (including phenoxy) is 1. The van der Waals surface area contributed by atoms with Crippen molar-refractivity contribution in [1.82, 2.24) is 9.29 Å². The Morgan fingerprint density at radius 3 is 2.72 bits per heavy atom. The molecule has 0 amide bonds. The molecule has 1 aromatic rings. The van der Waals surface area contributed by atoms with Crippen LogP contribution >= 0.6 is 27.5 Å². The largest absolute Gasteiger partial charge is 0.379 e. The minimum Gasteiger partial charge on any atom is -0.379 e. The third-order valence-electron chi connectivity index (χ3n) is 2.35. The van der Waals surface area contributed by atoms with E-state index in [1.165, 1.54) is 10.5 Å². The number of anilines is 1. The van der Waals surface area contributed by atoms with Crippen LogP contribution in [0.15, 0.2) is 16.7 Å². The lowest BCUT2D eigenvalue weighted by molar-refractivity contribution is 0.0733. The fraction of sp³-hybridized carbons (Fsp3) is 0.444. The van der Waals surface area contributed by atoms with Gasteiger partial charge in [0.1, 0.15) is 5.15 Å². The Kier molecular flexibility index (Phi) is 4.44. The Balaban J connectivity index is 2.13. The molecule has 1 N–H and O–H groups in total. The first-order valence-electron chi connectivity index (χ1n) is 5.16. The Morgan fingerprint density at radius 2 is 2.11 bits per heavy atom. The van der Waals surface area contributed by atoms with Crippen LogP contribution in [0.1, 0.15) is 0 Å². The minimum atomic E-state index is -3.57. The van der Waals surface area contributed by atoms with Gasteiger partial charge in [-0.1, -0.05) is 11.6 Å². The average molecular weight is 357 g/mol. The molecule has 1 aromatic heterocycles. The van der Waals surface area contributed by atoms with E-state index in [1.807, 2.05) is 0 Å². The van der Waals surface area contributed by atoms with Crippen LogP contribution in [-0.4, -0.2) is 44.0 Å². The quantitative estimate of drug-likeness (QED) is 0.833. The van der Waals surface area contributed by atoms with Gasteiger partial charge in [0, 0.05) is 13.1 Å². The molecule has 9 heteroatoms. The normalized spacial score (nSPS) is 17.7. The molecule has 1 saturated heterocycles. The summed E-state index contributed by atoms with van der Waals surface area (Å²) in [7, 11) is -3.57. The van der Waals surface area contributed by atoms with E-state index < -0.39 is 10.2 Å². The molecule has 100 valence electrons. The van der Waals surface area contributed by atoms with Gasteiger partial charge in [-0.2, -0.15) is 12.7 Å². The molecule has 2 heterocycles. The van der Waals surface area contributed by atoms with Gasteiger partial charge < -0.3 is 4.74 Å². The molecule has 18 heavy (non-hydrogen) atoms. The van der Waals surface area contributed by atoms with Gasteiger partial charge in [0.05, 0.1) is 29.6 Å². The van der Waals surface area contributed by atoms with Crippen LogP contribution in [0, 0.1) is 0 Å². The fourth-order valence-corrected chi connectivity index (χ4v) is 3.10. The minimum absolute atomic E-state index is 0.282. The molecule has 1 aliphatic rings. The summed E-state index contributed by atoms with van der Waals surface area (Å²) in [5, 5.41) is 0.282. The fourth-order valence-electron chi connectivity index (χ4n) is 1.48. The van der Waals surface area contributed by atoms with E-state index >= 15 is 0 Å². The van der Waals surface area contributed by atoms with Crippen LogP contribution in [0.25, 0.3) is 0 Å². The summed E-state index contributed by atoms with van der Waals surface area (Å²) in [5.74, 6) is 0. The Bertz CT molecular complexity index is 534. The van der Waals surface area contributed by atoms with Crippen LogP contribution in [-0.2, 0) is 14.9 Å². The van der Waals surface area contributed by atoms with Crippen molar-refractivity contribution in [3.05, 3.63) is 21.9 Å². The van der Waals surface area contributed by atoms with Crippen molar-refractivity contribution in [3.8, 4) is 0 Å². The summed E-state index contributed by atoms with van der Waals surface area (Å²) in [4.78, 5) is 3.86. The van der Waals surface area contributed by atoms with Crippen LogP contribution in [0.4, 0.5) is 5.69 Å². The topological polar surface area (TPSA) is 71.5 Å². The zero-order valence-electron chi connectivity index (χ0n) is 9.27. The molecule has 0 radical (unpaired) electrons. The first kappa shape index (κ1) is 14.0. The summed E-state index contributed by atoms with van der Waals surface area (Å²) in [6.07, 6.45) is 1.37. The second-order valence-corrected chi connectivity index (χ2v) is 6.50. The molecule has 0 aliphatic carbocycles. The number of morpholine rings is 1. The van der Waals surface area contributed by atoms with E-state index in [0.29, 0.717) is 36.5 Å². The average Bonchev–Trinajstić information content (AvgIpc) is 2.35. The summed E-state index contributed by atoms with van der Waals surface area (Å²) in [6, 6.07) is 1.56. The number of hydrogen-bond acceptors (Lipinski definition) is 4. The van der Waals surface area contributed by atoms with Crippen molar-refractivity contribution in [1.29, 1.82) is 0 Å². The van der Waals surface area contributed by atoms with Crippen molar-refractivity contribution in [2.45, 2.75) is 0 Å². The van der Waals surface area contributed by atoms with Gasteiger partial charge in [-0.3, -0.25) is 4.72 Å². The zero-order valence-corrected chi connectivity index (χ0v) is 12.4. The number of halogens is 2. The highest BCUT2D eigenvalue weighted by atomic mass is 79.9. The van der Waals surface area contributed by atoms with E-state index in [-0.39, 0.29) is 5.15 Å². The number of pyridine rings is 1. The predicted octanol–water partition coefficient (Wildman–Crippen LogP) is 1.49. The zero-order chi connectivity index (χ0) is 13.2. The Morgan fingerprint density at radius 1 is 1.44 bits per heavy atom. The standard InChI is InChI=1S/C9H11BrClN3O3S/c10-8-5-7(6-12-9(8)11)13-18(15,16)14-1-3-17-4-2-14/h5-6,13H,1-4H2. The van der Waals surface area contributed by atoms with E-state index in [9.17, 15) is 8.42 Å². The molecule has 0 aromatic carbocycles. The van der Waals surface area contributed by atoms with Crippen LogP contribution in [0.3, 0.4) is 0 Å². The van der Waals surface area contributed by atoms with Crippen LogP contribution in [0.2, 0.25) is 5.15 Å². The second kappa shape index (κ2) is 5.70. The molecule has 0 saturated carbocycles. The van der Waals surface area contributed by atoms with Gasteiger partial charge in [-0.15, -0.1) is 0 Å². The van der Waals surface area contributed by atoms with Gasteiger partial charge in [-0.05, 0) is 22.0 Å². The van der Waals surface area contributed by atoms with E-state index in [2.05, 4.69) is 25.6 Å². The molecular formula is C9H11BrClN3O3S. The summed E-state index contributed by atoms with van der Waals surface area (Å²) >= 11 is 8.93. The second-order valence-electron chi connectivity index (χ2n) is 3.62. The Labute approximate surface area is 119 Å². The molecule has 0 unspecified atom stereocenters. The van der Waals surface area contributed by atoms with E-state index in [4.69, 9.17) is 16.3 Å². The molecule has 2 rings (SSSR count). The smallest absolute Gasteiger partial charge is 0.301 e. The molecule has 0 atom stereocenters. The summed E-state index contributed by atoms with van der Waals surface area (Å²) in [5.41, 5.74) is 0.359. The monoisotopic (exact) mass is 355 g/mol.